The van der Waals surface area contributed by atoms with Gasteiger partial charge >= 0.3 is 0 Å². The fourth-order valence-corrected chi connectivity index (χ4v) is 2.47. The molecule has 1 aromatic heterocycles. The van der Waals surface area contributed by atoms with Gasteiger partial charge in [-0.05, 0) is 31.9 Å². The molecule has 1 fully saturated rings. The van der Waals surface area contributed by atoms with Crippen LogP contribution in [0.2, 0.25) is 0 Å². The maximum atomic E-state index is 11.8. The third kappa shape index (κ3) is 3.15. The van der Waals surface area contributed by atoms with Crippen molar-refractivity contribution in [1.29, 1.82) is 0 Å². The number of rotatable bonds is 3. The van der Waals surface area contributed by atoms with Crippen LogP contribution in [0.4, 0.5) is 5.82 Å². The van der Waals surface area contributed by atoms with E-state index in [-0.39, 0.29) is 17.6 Å². The Kier molecular flexibility index (Phi) is 4.37. The van der Waals surface area contributed by atoms with E-state index in [1.54, 1.807) is 27.2 Å². The van der Waals surface area contributed by atoms with Crippen LogP contribution >= 0.6 is 0 Å². The first-order valence-electron chi connectivity index (χ1n) is 6.92. The lowest BCUT2D eigenvalue weighted by molar-refractivity contribution is -0.121. The van der Waals surface area contributed by atoms with Gasteiger partial charge in [0.2, 0.25) is 0 Å². The summed E-state index contributed by atoms with van der Waals surface area (Å²) in [6.07, 6.45) is 3.39. The van der Waals surface area contributed by atoms with Gasteiger partial charge in [-0.15, -0.1) is 0 Å². The number of Topliss-reactive ketones (excluding diaryl/α,β-unsaturated/α-hetero) is 1. The normalized spacial score (nSPS) is 16.1. The van der Waals surface area contributed by atoms with Crippen LogP contribution in [0.15, 0.2) is 18.3 Å². The summed E-state index contributed by atoms with van der Waals surface area (Å²) in [6, 6.07) is 3.69. The molecule has 0 bridgehead atoms. The lowest BCUT2D eigenvalue weighted by Crippen LogP contribution is -2.36. The van der Waals surface area contributed by atoms with Crippen LogP contribution in [-0.4, -0.2) is 48.8 Å². The molecule has 0 radical (unpaired) electrons. The number of pyridine rings is 1. The van der Waals surface area contributed by atoms with Crippen LogP contribution in [0.25, 0.3) is 0 Å². The molecule has 0 spiro atoms. The van der Waals surface area contributed by atoms with Gasteiger partial charge in [-0.1, -0.05) is 0 Å². The molecule has 2 heterocycles. The molecule has 5 heteroatoms. The van der Waals surface area contributed by atoms with Crippen LogP contribution in [0.1, 0.15) is 30.1 Å². The summed E-state index contributed by atoms with van der Waals surface area (Å²) >= 11 is 0. The number of carbonyl (C=O) groups excluding carboxylic acids is 2. The highest BCUT2D eigenvalue weighted by Gasteiger charge is 2.23. The van der Waals surface area contributed by atoms with Crippen LogP contribution < -0.4 is 4.90 Å². The number of hydrogen-bond donors (Lipinski definition) is 0. The Morgan fingerprint density at radius 2 is 1.90 bits per heavy atom. The molecule has 1 aliphatic rings. The Bertz CT molecular complexity index is 488. The van der Waals surface area contributed by atoms with Crippen molar-refractivity contribution in [3.63, 3.8) is 0 Å². The summed E-state index contributed by atoms with van der Waals surface area (Å²) in [7, 11) is 3.45. The lowest BCUT2D eigenvalue weighted by atomic mass is 9.93. The topological polar surface area (TPSA) is 53.5 Å². The van der Waals surface area contributed by atoms with E-state index in [0.29, 0.717) is 5.56 Å². The van der Waals surface area contributed by atoms with Crippen LogP contribution in [0.5, 0.6) is 0 Å². The minimum absolute atomic E-state index is 0.0423. The number of ketones is 1. The average molecular weight is 275 g/mol. The summed E-state index contributed by atoms with van der Waals surface area (Å²) in [5.74, 6) is 1.31. The van der Waals surface area contributed by atoms with Crippen molar-refractivity contribution in [1.82, 2.24) is 9.88 Å². The Labute approximate surface area is 119 Å². The van der Waals surface area contributed by atoms with E-state index in [4.69, 9.17) is 0 Å². The van der Waals surface area contributed by atoms with Crippen molar-refractivity contribution in [3.8, 4) is 0 Å². The average Bonchev–Trinajstić information content (AvgIpc) is 2.46. The van der Waals surface area contributed by atoms with Gasteiger partial charge in [-0.3, -0.25) is 9.59 Å². The molecular formula is C15H21N3O2. The standard InChI is InChI=1S/C15H21N3O2/c1-11(19)12-6-8-18(9-7-12)14-5-4-13(10-16-14)15(20)17(2)3/h4-5,10,12H,6-9H2,1-3H3. The van der Waals surface area contributed by atoms with Crippen molar-refractivity contribution >= 4 is 17.5 Å². The molecule has 0 N–H and O–H groups in total. The van der Waals surface area contributed by atoms with Crippen LogP contribution in [0, 0.1) is 5.92 Å². The van der Waals surface area contributed by atoms with E-state index in [0.717, 1.165) is 31.7 Å². The maximum absolute atomic E-state index is 11.8. The van der Waals surface area contributed by atoms with Gasteiger partial charge in [0, 0.05) is 39.3 Å². The Balaban J connectivity index is 2.01. The van der Waals surface area contributed by atoms with Gasteiger partial charge < -0.3 is 9.80 Å². The van der Waals surface area contributed by atoms with Crippen molar-refractivity contribution < 1.29 is 9.59 Å². The van der Waals surface area contributed by atoms with E-state index in [2.05, 4.69) is 9.88 Å². The zero-order chi connectivity index (χ0) is 14.7. The second-order valence-corrected chi connectivity index (χ2v) is 5.48. The first kappa shape index (κ1) is 14.5. The van der Waals surface area contributed by atoms with E-state index in [1.165, 1.54) is 4.90 Å². The minimum Gasteiger partial charge on any atom is -0.357 e. The predicted molar refractivity (Wildman–Crippen MR) is 77.9 cm³/mol. The number of anilines is 1. The highest BCUT2D eigenvalue weighted by molar-refractivity contribution is 5.93. The molecule has 2 rings (SSSR count). The highest BCUT2D eigenvalue weighted by Crippen LogP contribution is 2.22. The molecule has 108 valence electrons. The largest absolute Gasteiger partial charge is 0.357 e. The van der Waals surface area contributed by atoms with E-state index in [9.17, 15) is 9.59 Å². The number of carbonyl (C=O) groups is 2. The van der Waals surface area contributed by atoms with Crippen molar-refractivity contribution in [2.24, 2.45) is 5.92 Å². The molecule has 20 heavy (non-hydrogen) atoms. The zero-order valence-electron chi connectivity index (χ0n) is 12.3. The summed E-state index contributed by atoms with van der Waals surface area (Å²) < 4.78 is 0. The van der Waals surface area contributed by atoms with Crippen LogP contribution in [-0.2, 0) is 4.79 Å². The van der Waals surface area contributed by atoms with E-state index < -0.39 is 0 Å². The van der Waals surface area contributed by atoms with Gasteiger partial charge in [0.1, 0.15) is 11.6 Å². The summed E-state index contributed by atoms with van der Waals surface area (Å²) in [6.45, 7) is 3.36. The third-order valence-electron chi connectivity index (χ3n) is 3.79. The SMILES string of the molecule is CC(=O)C1CCN(c2ccc(C(=O)N(C)C)cn2)CC1. The van der Waals surface area contributed by atoms with Crippen molar-refractivity contribution in [2.45, 2.75) is 19.8 Å². The van der Waals surface area contributed by atoms with Gasteiger partial charge in [0.05, 0.1) is 5.56 Å². The number of nitrogens with zero attached hydrogens (tertiary/aromatic N) is 3. The molecule has 0 aliphatic carbocycles. The van der Waals surface area contributed by atoms with Gasteiger partial charge in [-0.25, -0.2) is 4.98 Å². The Morgan fingerprint density at radius 1 is 1.25 bits per heavy atom. The molecule has 1 aromatic rings. The Hall–Kier alpha value is -1.91. The molecule has 0 unspecified atom stereocenters. The summed E-state index contributed by atoms with van der Waals surface area (Å²) in [4.78, 5) is 31.2. The lowest BCUT2D eigenvalue weighted by Gasteiger charge is -2.31. The second-order valence-electron chi connectivity index (χ2n) is 5.48. The number of amides is 1. The summed E-state index contributed by atoms with van der Waals surface area (Å²) in [5.41, 5.74) is 0.595. The molecule has 5 nitrogen and oxygen atoms in total. The number of piperidine rings is 1. The van der Waals surface area contributed by atoms with Crippen molar-refractivity contribution in [2.75, 3.05) is 32.1 Å². The first-order chi connectivity index (χ1) is 9.49. The quantitative estimate of drug-likeness (QED) is 0.840. The Morgan fingerprint density at radius 3 is 2.35 bits per heavy atom. The number of hydrogen-bond acceptors (Lipinski definition) is 4. The van der Waals surface area contributed by atoms with Gasteiger partial charge in [0.15, 0.2) is 0 Å². The zero-order valence-corrected chi connectivity index (χ0v) is 12.3. The smallest absolute Gasteiger partial charge is 0.254 e. The maximum Gasteiger partial charge on any atom is 0.254 e. The molecule has 1 saturated heterocycles. The molecule has 0 saturated carbocycles. The second kappa shape index (κ2) is 6.03. The summed E-state index contributed by atoms with van der Waals surface area (Å²) in [5, 5.41) is 0. The van der Waals surface area contributed by atoms with Crippen molar-refractivity contribution in [3.05, 3.63) is 23.9 Å². The minimum atomic E-state index is -0.0423. The van der Waals surface area contributed by atoms with Gasteiger partial charge in [-0.2, -0.15) is 0 Å². The first-order valence-corrected chi connectivity index (χ1v) is 6.92. The fraction of sp³-hybridized carbons (Fsp3) is 0.533. The van der Waals surface area contributed by atoms with E-state index >= 15 is 0 Å². The molecule has 0 atom stereocenters. The molecule has 1 aliphatic heterocycles. The van der Waals surface area contributed by atoms with Gasteiger partial charge in [0.25, 0.3) is 5.91 Å². The van der Waals surface area contributed by atoms with E-state index in [1.807, 2.05) is 12.1 Å². The molecule has 0 aromatic carbocycles. The van der Waals surface area contributed by atoms with Crippen LogP contribution in [0.3, 0.4) is 0 Å². The molecular weight excluding hydrogens is 254 g/mol. The monoisotopic (exact) mass is 275 g/mol. The molecule has 1 amide bonds. The third-order valence-corrected chi connectivity index (χ3v) is 3.79. The fourth-order valence-electron chi connectivity index (χ4n) is 2.47. The highest BCUT2D eigenvalue weighted by atomic mass is 16.2. The predicted octanol–water partition coefficient (Wildman–Crippen LogP) is 1.59. The number of aromatic nitrogens is 1.